The zero-order valence-corrected chi connectivity index (χ0v) is 20.9. The maximum atomic E-state index is 13.5. The molecule has 1 heterocycles. The van der Waals surface area contributed by atoms with Crippen molar-refractivity contribution in [2.24, 2.45) is 0 Å². The lowest BCUT2D eigenvalue weighted by atomic mass is 10.1. The molecule has 37 heavy (non-hydrogen) atoms. The number of aryl methyl sites for hydroxylation is 1. The van der Waals surface area contributed by atoms with Crippen LogP contribution in [0.4, 0.5) is 20.7 Å². The van der Waals surface area contributed by atoms with Crippen LogP contribution in [-0.2, 0) is 4.79 Å². The number of nitrogens with zero attached hydrogens (tertiary/aromatic N) is 3. The third-order valence-corrected chi connectivity index (χ3v) is 5.79. The zero-order chi connectivity index (χ0) is 26.2. The predicted molar refractivity (Wildman–Crippen MR) is 144 cm³/mol. The van der Waals surface area contributed by atoms with Crippen molar-refractivity contribution in [3.63, 3.8) is 0 Å². The van der Waals surface area contributed by atoms with E-state index in [2.05, 4.69) is 15.7 Å². The molecule has 0 saturated carbocycles. The van der Waals surface area contributed by atoms with E-state index >= 15 is 0 Å². The van der Waals surface area contributed by atoms with Gasteiger partial charge in [-0.3, -0.25) is 4.79 Å². The minimum atomic E-state index is -0.365. The molecule has 0 fully saturated rings. The minimum absolute atomic E-state index is 0.132. The Morgan fingerprint density at radius 2 is 1.70 bits per heavy atom. The highest BCUT2D eigenvalue weighted by molar-refractivity contribution is 5.97. The molecule has 1 aromatic heterocycles. The first kappa shape index (κ1) is 25.6. The van der Waals surface area contributed by atoms with Crippen molar-refractivity contribution < 1.29 is 14.0 Å². The number of hydrogen-bond acceptors (Lipinski definition) is 3. The average Bonchev–Trinajstić information content (AvgIpc) is 3.31. The number of hydrogen-bond donors (Lipinski definition) is 2. The van der Waals surface area contributed by atoms with E-state index < -0.39 is 0 Å². The lowest BCUT2D eigenvalue weighted by Gasteiger charge is -2.22. The molecule has 3 aromatic carbocycles. The Kier molecular flexibility index (Phi) is 8.30. The van der Waals surface area contributed by atoms with Gasteiger partial charge < -0.3 is 15.5 Å². The van der Waals surface area contributed by atoms with Crippen LogP contribution in [0.3, 0.4) is 0 Å². The number of aromatic nitrogens is 2. The fourth-order valence-corrected chi connectivity index (χ4v) is 3.88. The molecule has 0 unspecified atom stereocenters. The van der Waals surface area contributed by atoms with E-state index in [1.54, 1.807) is 22.9 Å². The van der Waals surface area contributed by atoms with Crippen LogP contribution in [0.1, 0.15) is 25.3 Å². The normalized spacial score (nSPS) is 10.7. The van der Waals surface area contributed by atoms with E-state index in [9.17, 15) is 14.0 Å². The van der Waals surface area contributed by atoms with Gasteiger partial charge in [0.05, 0.1) is 11.4 Å². The van der Waals surface area contributed by atoms with Crippen molar-refractivity contribution in [3.8, 4) is 16.9 Å². The molecular formula is C29H30FN5O2. The summed E-state index contributed by atoms with van der Waals surface area (Å²) < 4.78 is 15.1. The standard InChI is InChI=1S/C29H30FN5O2/c1-3-4-17-34(29(37)31-24-12-8-9-21(2)18-24)20-28(36)32-27-19-26(22-10-6-5-7-11-22)33-35(27)25-15-13-23(30)14-16-25/h5-16,18-19H,3-4,17,20H2,1-2H3,(H,31,37)(H,32,36). The minimum Gasteiger partial charge on any atom is -0.315 e. The molecule has 7 nitrogen and oxygen atoms in total. The van der Waals surface area contributed by atoms with Crippen molar-refractivity contribution >= 4 is 23.4 Å². The van der Waals surface area contributed by atoms with Crippen molar-refractivity contribution in [2.75, 3.05) is 23.7 Å². The Balaban J connectivity index is 1.55. The summed E-state index contributed by atoms with van der Waals surface area (Å²) in [5, 5.41) is 10.4. The number of benzene rings is 3. The van der Waals surface area contributed by atoms with Crippen LogP contribution in [-0.4, -0.2) is 39.7 Å². The van der Waals surface area contributed by atoms with E-state index in [-0.39, 0.29) is 24.3 Å². The van der Waals surface area contributed by atoms with Crippen molar-refractivity contribution in [1.29, 1.82) is 0 Å². The third-order valence-electron chi connectivity index (χ3n) is 5.79. The van der Waals surface area contributed by atoms with E-state index in [0.717, 1.165) is 24.0 Å². The molecule has 0 saturated heterocycles. The SMILES string of the molecule is CCCCN(CC(=O)Nc1cc(-c2ccccc2)nn1-c1ccc(F)cc1)C(=O)Nc1cccc(C)c1. The molecule has 0 spiro atoms. The summed E-state index contributed by atoms with van der Waals surface area (Å²) in [5.74, 6) is -0.306. The van der Waals surface area contributed by atoms with E-state index in [4.69, 9.17) is 0 Å². The van der Waals surface area contributed by atoms with Gasteiger partial charge in [0.1, 0.15) is 18.2 Å². The van der Waals surface area contributed by atoms with Gasteiger partial charge in [0.25, 0.3) is 0 Å². The monoisotopic (exact) mass is 499 g/mol. The van der Waals surface area contributed by atoms with Crippen LogP contribution >= 0.6 is 0 Å². The van der Waals surface area contributed by atoms with Gasteiger partial charge in [0, 0.05) is 23.9 Å². The molecule has 0 aliphatic heterocycles. The topological polar surface area (TPSA) is 79.3 Å². The van der Waals surface area contributed by atoms with Crippen LogP contribution < -0.4 is 10.6 Å². The fourth-order valence-electron chi connectivity index (χ4n) is 3.88. The van der Waals surface area contributed by atoms with Gasteiger partial charge in [-0.05, 0) is 55.3 Å². The molecule has 4 aromatic rings. The number of carbonyl (C=O) groups is 2. The smallest absolute Gasteiger partial charge is 0.315 e. The summed E-state index contributed by atoms with van der Waals surface area (Å²) in [6.07, 6.45) is 1.65. The number of nitrogens with one attached hydrogen (secondary N) is 2. The molecule has 4 rings (SSSR count). The van der Waals surface area contributed by atoms with E-state index in [0.29, 0.717) is 29.4 Å². The first-order chi connectivity index (χ1) is 17.9. The first-order valence-corrected chi connectivity index (χ1v) is 12.3. The summed E-state index contributed by atoms with van der Waals surface area (Å²) in [6, 6.07) is 24.4. The lowest BCUT2D eigenvalue weighted by Crippen LogP contribution is -2.41. The first-order valence-electron chi connectivity index (χ1n) is 12.3. The highest BCUT2D eigenvalue weighted by Gasteiger charge is 2.20. The summed E-state index contributed by atoms with van der Waals surface area (Å²) in [5.41, 5.74) is 3.83. The molecule has 0 radical (unpaired) electrons. The maximum absolute atomic E-state index is 13.5. The number of unbranched alkanes of at least 4 members (excludes halogenated alkanes) is 1. The number of rotatable bonds is 9. The molecular weight excluding hydrogens is 469 g/mol. The summed E-state index contributed by atoms with van der Waals surface area (Å²) in [7, 11) is 0. The molecule has 0 aliphatic carbocycles. The molecule has 0 atom stereocenters. The Labute approximate surface area is 215 Å². The van der Waals surface area contributed by atoms with Crippen LogP contribution in [0, 0.1) is 12.7 Å². The van der Waals surface area contributed by atoms with Crippen molar-refractivity contribution in [2.45, 2.75) is 26.7 Å². The number of urea groups is 1. The third kappa shape index (κ3) is 6.82. The van der Waals surface area contributed by atoms with Gasteiger partial charge >= 0.3 is 6.03 Å². The van der Waals surface area contributed by atoms with E-state index in [1.165, 1.54) is 17.0 Å². The molecule has 2 N–H and O–H groups in total. The quantitative estimate of drug-likeness (QED) is 0.285. The second-order valence-corrected chi connectivity index (χ2v) is 8.79. The fraction of sp³-hybridized carbons (Fsp3) is 0.207. The van der Waals surface area contributed by atoms with Gasteiger partial charge in [0.2, 0.25) is 5.91 Å². The predicted octanol–water partition coefficient (Wildman–Crippen LogP) is 6.26. The Morgan fingerprint density at radius 3 is 2.41 bits per heavy atom. The van der Waals surface area contributed by atoms with Crippen molar-refractivity contribution in [3.05, 3.63) is 96.3 Å². The molecule has 3 amide bonds. The van der Waals surface area contributed by atoms with Gasteiger partial charge in [-0.15, -0.1) is 0 Å². The summed E-state index contributed by atoms with van der Waals surface area (Å²) in [6.45, 7) is 4.29. The Morgan fingerprint density at radius 1 is 0.946 bits per heavy atom. The van der Waals surface area contributed by atoms with Crippen LogP contribution in [0.2, 0.25) is 0 Å². The van der Waals surface area contributed by atoms with Gasteiger partial charge in [0.15, 0.2) is 0 Å². The molecule has 0 aliphatic rings. The second kappa shape index (κ2) is 12.0. The van der Waals surface area contributed by atoms with E-state index in [1.807, 2.05) is 68.4 Å². The second-order valence-electron chi connectivity index (χ2n) is 8.79. The Bertz CT molecular complexity index is 1350. The van der Waals surface area contributed by atoms with Gasteiger partial charge in [-0.2, -0.15) is 5.10 Å². The largest absolute Gasteiger partial charge is 0.322 e. The van der Waals surface area contributed by atoms with Crippen LogP contribution in [0.5, 0.6) is 0 Å². The van der Waals surface area contributed by atoms with Crippen LogP contribution in [0.25, 0.3) is 16.9 Å². The number of halogens is 1. The number of carbonyl (C=O) groups excluding carboxylic acids is 2. The van der Waals surface area contributed by atoms with Crippen molar-refractivity contribution in [1.82, 2.24) is 14.7 Å². The molecule has 8 heteroatoms. The van der Waals surface area contributed by atoms with Gasteiger partial charge in [-0.25, -0.2) is 13.9 Å². The maximum Gasteiger partial charge on any atom is 0.322 e. The summed E-state index contributed by atoms with van der Waals surface area (Å²) >= 11 is 0. The molecule has 190 valence electrons. The average molecular weight is 500 g/mol. The number of amides is 3. The van der Waals surface area contributed by atoms with Crippen LogP contribution in [0.15, 0.2) is 84.9 Å². The zero-order valence-electron chi connectivity index (χ0n) is 20.9. The van der Waals surface area contributed by atoms with Gasteiger partial charge in [-0.1, -0.05) is 55.8 Å². The summed E-state index contributed by atoms with van der Waals surface area (Å²) in [4.78, 5) is 27.7. The lowest BCUT2D eigenvalue weighted by molar-refractivity contribution is -0.116. The highest BCUT2D eigenvalue weighted by atomic mass is 19.1. The molecule has 0 bridgehead atoms. The number of anilines is 2. The Hall–Kier alpha value is -4.46. The highest BCUT2D eigenvalue weighted by Crippen LogP contribution is 2.25.